The number of rotatable bonds is 6. The quantitative estimate of drug-likeness (QED) is 0.849. The summed E-state index contributed by atoms with van der Waals surface area (Å²) >= 11 is 0. The molecule has 0 fully saturated rings. The fourth-order valence-electron chi connectivity index (χ4n) is 1.93. The first-order chi connectivity index (χ1) is 10.1. The molecule has 0 spiro atoms. The Kier molecular flexibility index (Phi) is 4.56. The van der Waals surface area contributed by atoms with Crippen LogP contribution in [0.1, 0.15) is 21.5 Å². The number of carbonyl (C=O) groups is 2. The normalized spacial score (nSPS) is 10.1. The molecule has 108 valence electrons. The molecule has 0 aliphatic heterocycles. The highest BCUT2D eigenvalue weighted by Gasteiger charge is 2.08. The van der Waals surface area contributed by atoms with E-state index < -0.39 is 11.9 Å². The molecule has 2 rings (SSSR count). The van der Waals surface area contributed by atoms with Crippen LogP contribution in [0, 0.1) is 0 Å². The first kappa shape index (κ1) is 14.6. The van der Waals surface area contributed by atoms with Gasteiger partial charge in [-0.25, -0.2) is 0 Å². The number of carbonyl (C=O) groups excluding carboxylic acids is 1. The van der Waals surface area contributed by atoms with Crippen LogP contribution < -0.4 is 10.5 Å². The second-order valence-electron chi connectivity index (χ2n) is 4.53. The molecular formula is C16H15NO4. The van der Waals surface area contributed by atoms with Crippen LogP contribution in [0.5, 0.6) is 5.75 Å². The lowest BCUT2D eigenvalue weighted by Crippen LogP contribution is -2.11. The molecule has 0 unspecified atom stereocenters. The summed E-state index contributed by atoms with van der Waals surface area (Å²) in [6.45, 7) is 0.234. The smallest absolute Gasteiger partial charge is 0.307 e. The van der Waals surface area contributed by atoms with Crippen molar-refractivity contribution in [2.24, 2.45) is 5.73 Å². The topological polar surface area (TPSA) is 89.6 Å². The Morgan fingerprint density at radius 3 is 2.57 bits per heavy atom. The molecule has 0 heterocycles. The van der Waals surface area contributed by atoms with Crippen molar-refractivity contribution in [2.75, 3.05) is 0 Å². The fourth-order valence-corrected chi connectivity index (χ4v) is 1.93. The van der Waals surface area contributed by atoms with Gasteiger partial charge in [0.05, 0.1) is 6.42 Å². The van der Waals surface area contributed by atoms with Gasteiger partial charge in [0.1, 0.15) is 12.4 Å². The monoisotopic (exact) mass is 285 g/mol. The van der Waals surface area contributed by atoms with Gasteiger partial charge in [-0.1, -0.05) is 30.3 Å². The van der Waals surface area contributed by atoms with Crippen molar-refractivity contribution in [3.63, 3.8) is 0 Å². The van der Waals surface area contributed by atoms with E-state index in [9.17, 15) is 9.59 Å². The van der Waals surface area contributed by atoms with Gasteiger partial charge >= 0.3 is 5.97 Å². The van der Waals surface area contributed by atoms with Gasteiger partial charge in [-0.2, -0.15) is 0 Å². The van der Waals surface area contributed by atoms with E-state index in [4.69, 9.17) is 15.6 Å². The molecule has 0 saturated carbocycles. The molecule has 0 bridgehead atoms. The van der Waals surface area contributed by atoms with E-state index >= 15 is 0 Å². The molecule has 0 aromatic heterocycles. The van der Waals surface area contributed by atoms with E-state index in [0.29, 0.717) is 16.9 Å². The Morgan fingerprint density at radius 1 is 1.10 bits per heavy atom. The minimum Gasteiger partial charge on any atom is -0.489 e. The van der Waals surface area contributed by atoms with Crippen molar-refractivity contribution < 1.29 is 19.4 Å². The van der Waals surface area contributed by atoms with Crippen molar-refractivity contribution in [1.82, 2.24) is 0 Å². The summed E-state index contributed by atoms with van der Waals surface area (Å²) in [5.74, 6) is -0.894. The largest absolute Gasteiger partial charge is 0.489 e. The molecule has 21 heavy (non-hydrogen) atoms. The molecule has 2 aromatic carbocycles. The van der Waals surface area contributed by atoms with E-state index in [0.717, 1.165) is 5.56 Å². The third-order valence-corrected chi connectivity index (χ3v) is 2.92. The Labute approximate surface area is 122 Å². The third-order valence-electron chi connectivity index (χ3n) is 2.92. The van der Waals surface area contributed by atoms with Gasteiger partial charge in [0.25, 0.3) is 0 Å². The molecule has 0 atom stereocenters. The van der Waals surface area contributed by atoms with Crippen molar-refractivity contribution in [1.29, 1.82) is 0 Å². The first-order valence-corrected chi connectivity index (χ1v) is 6.37. The molecule has 0 aliphatic carbocycles. The SMILES string of the molecule is NC(=O)c1cccc(COc2ccccc2CC(=O)O)c1. The van der Waals surface area contributed by atoms with Gasteiger partial charge in [0, 0.05) is 11.1 Å². The lowest BCUT2D eigenvalue weighted by molar-refractivity contribution is -0.136. The maximum absolute atomic E-state index is 11.1. The number of amides is 1. The number of carboxylic acids is 1. The second-order valence-corrected chi connectivity index (χ2v) is 4.53. The van der Waals surface area contributed by atoms with Crippen LogP contribution in [-0.2, 0) is 17.8 Å². The van der Waals surface area contributed by atoms with Gasteiger partial charge in [0.15, 0.2) is 0 Å². The summed E-state index contributed by atoms with van der Waals surface area (Å²) in [5, 5.41) is 8.87. The summed E-state index contributed by atoms with van der Waals surface area (Å²) in [5.41, 5.74) is 7.03. The minimum atomic E-state index is -0.915. The minimum absolute atomic E-state index is 0.0997. The van der Waals surface area contributed by atoms with Crippen molar-refractivity contribution >= 4 is 11.9 Å². The zero-order valence-electron chi connectivity index (χ0n) is 11.3. The van der Waals surface area contributed by atoms with Crippen LogP contribution in [0.2, 0.25) is 0 Å². The number of para-hydroxylation sites is 1. The van der Waals surface area contributed by atoms with Crippen LogP contribution in [0.15, 0.2) is 48.5 Å². The highest BCUT2D eigenvalue weighted by molar-refractivity contribution is 5.92. The molecule has 5 nitrogen and oxygen atoms in total. The number of hydrogen-bond donors (Lipinski definition) is 2. The van der Waals surface area contributed by atoms with Gasteiger partial charge in [-0.3, -0.25) is 9.59 Å². The average Bonchev–Trinajstić information content (AvgIpc) is 2.46. The number of hydrogen-bond acceptors (Lipinski definition) is 3. The first-order valence-electron chi connectivity index (χ1n) is 6.37. The Morgan fingerprint density at radius 2 is 1.86 bits per heavy atom. The number of benzene rings is 2. The fraction of sp³-hybridized carbons (Fsp3) is 0.125. The highest BCUT2D eigenvalue weighted by atomic mass is 16.5. The molecule has 0 aliphatic rings. The average molecular weight is 285 g/mol. The van der Waals surface area contributed by atoms with E-state index in [1.807, 2.05) is 6.07 Å². The summed E-state index contributed by atoms with van der Waals surface area (Å²) in [4.78, 5) is 21.9. The van der Waals surface area contributed by atoms with Crippen LogP contribution in [0.4, 0.5) is 0 Å². The zero-order valence-corrected chi connectivity index (χ0v) is 11.3. The van der Waals surface area contributed by atoms with E-state index in [1.165, 1.54) is 0 Å². The molecular weight excluding hydrogens is 270 g/mol. The second kappa shape index (κ2) is 6.56. The van der Waals surface area contributed by atoms with Crippen LogP contribution in [-0.4, -0.2) is 17.0 Å². The van der Waals surface area contributed by atoms with Gasteiger partial charge in [0.2, 0.25) is 5.91 Å². The Bertz CT molecular complexity index is 667. The van der Waals surface area contributed by atoms with E-state index in [2.05, 4.69) is 0 Å². The number of nitrogens with two attached hydrogens (primary N) is 1. The predicted molar refractivity (Wildman–Crippen MR) is 77.1 cm³/mol. The van der Waals surface area contributed by atoms with Crippen LogP contribution in [0.25, 0.3) is 0 Å². The van der Waals surface area contributed by atoms with Crippen LogP contribution in [0.3, 0.4) is 0 Å². The van der Waals surface area contributed by atoms with Gasteiger partial charge in [-0.05, 0) is 23.8 Å². The Balaban J connectivity index is 2.11. The molecule has 2 aromatic rings. The van der Waals surface area contributed by atoms with Crippen molar-refractivity contribution in [2.45, 2.75) is 13.0 Å². The zero-order chi connectivity index (χ0) is 15.2. The van der Waals surface area contributed by atoms with Crippen LogP contribution >= 0.6 is 0 Å². The summed E-state index contributed by atoms with van der Waals surface area (Å²) in [7, 11) is 0. The molecule has 1 amide bonds. The standard InChI is InChI=1S/C16H15NO4/c17-16(20)13-6-3-4-11(8-13)10-21-14-7-2-1-5-12(14)9-15(18)19/h1-8H,9-10H2,(H2,17,20)(H,18,19). The lowest BCUT2D eigenvalue weighted by atomic mass is 10.1. The molecule has 0 radical (unpaired) electrons. The summed E-state index contributed by atoms with van der Waals surface area (Å²) in [6, 6.07) is 13.8. The third kappa shape index (κ3) is 4.07. The number of ether oxygens (including phenoxy) is 1. The summed E-state index contributed by atoms with van der Waals surface area (Å²) in [6.07, 6.45) is -0.0997. The highest BCUT2D eigenvalue weighted by Crippen LogP contribution is 2.20. The maximum Gasteiger partial charge on any atom is 0.307 e. The predicted octanol–water partition coefficient (Wildman–Crippen LogP) is 1.99. The van der Waals surface area contributed by atoms with E-state index in [-0.39, 0.29) is 13.0 Å². The lowest BCUT2D eigenvalue weighted by Gasteiger charge is -2.10. The number of primary amides is 1. The molecule has 3 N–H and O–H groups in total. The molecule has 5 heteroatoms. The molecule has 0 saturated heterocycles. The van der Waals surface area contributed by atoms with Crippen molar-refractivity contribution in [3.05, 3.63) is 65.2 Å². The number of carboxylic acid groups (broad SMARTS) is 1. The maximum atomic E-state index is 11.1. The van der Waals surface area contributed by atoms with Gasteiger partial charge < -0.3 is 15.6 Å². The van der Waals surface area contributed by atoms with Gasteiger partial charge in [-0.15, -0.1) is 0 Å². The van der Waals surface area contributed by atoms with E-state index in [1.54, 1.807) is 42.5 Å². The Hall–Kier alpha value is -2.82. The number of aliphatic carboxylic acids is 1. The summed E-state index contributed by atoms with van der Waals surface area (Å²) < 4.78 is 5.64. The van der Waals surface area contributed by atoms with Crippen molar-refractivity contribution in [3.8, 4) is 5.75 Å².